The highest BCUT2D eigenvalue weighted by Gasteiger charge is 2.54. The number of aromatic nitrogens is 3. The number of H-pyrrole nitrogens is 1. The Morgan fingerprint density at radius 1 is 1.10 bits per heavy atom. The summed E-state index contributed by atoms with van der Waals surface area (Å²) in [6, 6.07) is 17.7. The van der Waals surface area contributed by atoms with E-state index >= 15 is 0 Å². The number of fused-ring (bicyclic) bond motifs is 1. The van der Waals surface area contributed by atoms with Crippen LogP contribution in [0.1, 0.15) is 29.5 Å². The predicted octanol–water partition coefficient (Wildman–Crippen LogP) is 3.19. The van der Waals surface area contributed by atoms with Gasteiger partial charge in [0.15, 0.2) is 11.9 Å². The van der Waals surface area contributed by atoms with Gasteiger partial charge in [-0.3, -0.25) is 24.4 Å². The molecule has 2 aliphatic heterocycles. The lowest BCUT2D eigenvalue weighted by Gasteiger charge is -2.49. The van der Waals surface area contributed by atoms with E-state index in [-0.39, 0.29) is 23.3 Å². The van der Waals surface area contributed by atoms with Crippen molar-refractivity contribution in [1.82, 2.24) is 25.4 Å². The van der Waals surface area contributed by atoms with Gasteiger partial charge in [-0.25, -0.2) is 9.78 Å². The average molecular weight is 600 g/mol. The summed E-state index contributed by atoms with van der Waals surface area (Å²) in [5, 5.41) is 8.64. The molecule has 40 heavy (non-hydrogen) atoms. The molecule has 1 aromatic heterocycles. The number of carbonyl (C=O) groups is 4. The lowest BCUT2D eigenvalue weighted by molar-refractivity contribution is -0.154. The SMILES string of the molecule is O=C(CCl)CC(=O)NC1C(=O)N2C(C(=O)OC(c3ccccc3)c3ccccc3)=C(Cc3nc(Cl)n[nH]3)CS[C@H]12. The van der Waals surface area contributed by atoms with Gasteiger partial charge in [0.2, 0.25) is 11.2 Å². The number of hydrogen-bond donors (Lipinski definition) is 2. The van der Waals surface area contributed by atoms with E-state index in [0.29, 0.717) is 17.2 Å². The molecule has 206 valence electrons. The van der Waals surface area contributed by atoms with Crippen LogP contribution in [0.2, 0.25) is 5.28 Å². The summed E-state index contributed by atoms with van der Waals surface area (Å²) in [5.41, 5.74) is 2.20. The fraction of sp³-hybridized carbons (Fsp3) is 0.259. The van der Waals surface area contributed by atoms with Crippen molar-refractivity contribution in [3.8, 4) is 0 Å². The van der Waals surface area contributed by atoms with Crippen LogP contribution in [0.15, 0.2) is 71.9 Å². The van der Waals surface area contributed by atoms with Gasteiger partial charge in [0.25, 0.3) is 5.91 Å². The van der Waals surface area contributed by atoms with E-state index in [4.69, 9.17) is 27.9 Å². The number of carbonyl (C=O) groups excluding carboxylic acids is 4. The first-order valence-corrected chi connectivity index (χ1v) is 14.2. The summed E-state index contributed by atoms with van der Waals surface area (Å²) in [5.74, 6) is -1.76. The van der Waals surface area contributed by atoms with Crippen LogP contribution in [-0.4, -0.2) is 66.7 Å². The molecule has 13 heteroatoms. The first-order valence-electron chi connectivity index (χ1n) is 12.3. The topological polar surface area (TPSA) is 134 Å². The zero-order valence-electron chi connectivity index (χ0n) is 20.9. The summed E-state index contributed by atoms with van der Waals surface area (Å²) in [6.07, 6.45) is -0.983. The minimum absolute atomic E-state index is 0.0311. The quantitative estimate of drug-likeness (QED) is 0.157. The fourth-order valence-corrected chi connectivity index (χ4v) is 6.14. The molecule has 0 saturated carbocycles. The minimum Gasteiger partial charge on any atom is -0.448 e. The second-order valence-corrected chi connectivity index (χ2v) is 10.8. The van der Waals surface area contributed by atoms with Crippen molar-refractivity contribution in [3.63, 3.8) is 0 Å². The fourth-order valence-electron chi connectivity index (χ4n) is 4.56. The van der Waals surface area contributed by atoms with Crippen LogP contribution in [-0.2, 0) is 30.3 Å². The normalized spacial score (nSPS) is 18.3. The number of ether oxygens (including phenoxy) is 1. The van der Waals surface area contributed by atoms with Crippen LogP contribution in [0.3, 0.4) is 0 Å². The number of Topliss-reactive ketones (excluding diaryl/α,β-unsaturated/α-hetero) is 1. The molecule has 2 aromatic carbocycles. The summed E-state index contributed by atoms with van der Waals surface area (Å²) >= 11 is 12.8. The average Bonchev–Trinajstić information content (AvgIpc) is 3.39. The van der Waals surface area contributed by atoms with E-state index in [0.717, 1.165) is 11.1 Å². The van der Waals surface area contributed by atoms with E-state index in [1.165, 1.54) is 16.7 Å². The van der Waals surface area contributed by atoms with E-state index in [2.05, 4.69) is 20.5 Å². The molecule has 0 spiro atoms. The molecule has 1 saturated heterocycles. The number of β-lactam (4-membered cyclic amide) rings is 1. The Morgan fingerprint density at radius 3 is 2.33 bits per heavy atom. The van der Waals surface area contributed by atoms with Crippen molar-refractivity contribution in [2.24, 2.45) is 0 Å². The predicted molar refractivity (Wildman–Crippen MR) is 148 cm³/mol. The summed E-state index contributed by atoms with van der Waals surface area (Å²) in [6.45, 7) is 0. The molecule has 0 aliphatic carbocycles. The van der Waals surface area contributed by atoms with Crippen molar-refractivity contribution in [3.05, 3.63) is 94.2 Å². The number of aromatic amines is 1. The molecule has 10 nitrogen and oxygen atoms in total. The molecule has 1 unspecified atom stereocenters. The van der Waals surface area contributed by atoms with Gasteiger partial charge in [0, 0.05) is 12.2 Å². The summed E-state index contributed by atoms with van der Waals surface area (Å²) in [4.78, 5) is 56.6. The number of benzene rings is 2. The maximum absolute atomic E-state index is 13.9. The largest absolute Gasteiger partial charge is 0.448 e. The molecular weight excluding hydrogens is 577 g/mol. The Kier molecular flexibility index (Phi) is 8.53. The van der Waals surface area contributed by atoms with Gasteiger partial charge < -0.3 is 10.1 Å². The monoisotopic (exact) mass is 599 g/mol. The number of halogens is 2. The number of nitrogens with zero attached hydrogens (tertiary/aromatic N) is 3. The number of nitrogens with one attached hydrogen (secondary N) is 2. The number of hydrogen-bond acceptors (Lipinski definition) is 8. The maximum atomic E-state index is 13.9. The second kappa shape index (κ2) is 12.2. The van der Waals surface area contributed by atoms with Crippen LogP contribution >= 0.6 is 35.0 Å². The zero-order chi connectivity index (χ0) is 28.2. The van der Waals surface area contributed by atoms with E-state index in [9.17, 15) is 19.2 Å². The lowest BCUT2D eigenvalue weighted by atomic mass is 9.99. The molecule has 5 rings (SSSR count). The molecular formula is C27H23Cl2N5O5S. The lowest BCUT2D eigenvalue weighted by Crippen LogP contribution is -2.70. The van der Waals surface area contributed by atoms with E-state index in [1.54, 1.807) is 0 Å². The van der Waals surface area contributed by atoms with Crippen LogP contribution in [0, 0.1) is 0 Å². The molecule has 1 fully saturated rings. The number of esters is 1. The number of ketones is 1. The molecule has 3 aromatic rings. The first-order chi connectivity index (χ1) is 19.4. The third-order valence-electron chi connectivity index (χ3n) is 6.38. The van der Waals surface area contributed by atoms with Gasteiger partial charge in [0.05, 0.1) is 12.3 Å². The van der Waals surface area contributed by atoms with Crippen molar-refractivity contribution in [1.29, 1.82) is 0 Å². The minimum atomic E-state index is -0.899. The van der Waals surface area contributed by atoms with Crippen molar-refractivity contribution >= 4 is 58.5 Å². The highest BCUT2D eigenvalue weighted by molar-refractivity contribution is 8.00. The second-order valence-electron chi connectivity index (χ2n) is 9.09. The van der Waals surface area contributed by atoms with Crippen LogP contribution < -0.4 is 5.32 Å². The standard InChI is InChI=1S/C27H23Cl2N5O5S/c28-13-18(35)12-20(36)31-21-24(37)34-22(17(14-40-25(21)34)11-19-30-27(29)33-32-19)26(38)39-23(15-7-3-1-4-8-15)16-9-5-2-6-10-16/h1-10,21,23,25H,11-14H2,(H,31,36)(H,30,32,33)/t21?,25-/m1/s1. The van der Waals surface area contributed by atoms with Gasteiger partial charge in [-0.05, 0) is 28.3 Å². The molecule has 2 atom stereocenters. The Morgan fingerprint density at radius 2 is 1.75 bits per heavy atom. The Balaban J connectivity index is 1.45. The summed E-state index contributed by atoms with van der Waals surface area (Å²) in [7, 11) is 0. The molecule has 2 N–H and O–H groups in total. The van der Waals surface area contributed by atoms with E-state index < -0.39 is 47.5 Å². The number of alkyl halides is 1. The maximum Gasteiger partial charge on any atom is 0.356 e. The zero-order valence-corrected chi connectivity index (χ0v) is 23.2. The molecule has 0 bridgehead atoms. The third kappa shape index (κ3) is 5.91. The number of rotatable bonds is 10. The number of thioether (sulfide) groups is 1. The van der Waals surface area contributed by atoms with Crippen molar-refractivity contribution in [2.45, 2.75) is 30.4 Å². The molecule has 2 aliphatic rings. The third-order valence-corrected chi connectivity index (χ3v) is 8.19. The first kappa shape index (κ1) is 27.9. The van der Waals surface area contributed by atoms with Crippen LogP contribution in [0.5, 0.6) is 0 Å². The van der Waals surface area contributed by atoms with Crippen molar-refractivity contribution < 1.29 is 23.9 Å². The molecule has 3 heterocycles. The Labute approximate surface area is 243 Å². The van der Waals surface area contributed by atoms with E-state index in [1.807, 2.05) is 60.7 Å². The van der Waals surface area contributed by atoms with Gasteiger partial charge in [0.1, 0.15) is 22.9 Å². The van der Waals surface area contributed by atoms with Gasteiger partial charge in [-0.15, -0.1) is 28.5 Å². The molecule has 2 amide bonds. The Hall–Kier alpha value is -3.67. The van der Waals surface area contributed by atoms with Crippen LogP contribution in [0.25, 0.3) is 0 Å². The smallest absolute Gasteiger partial charge is 0.356 e. The highest BCUT2D eigenvalue weighted by Crippen LogP contribution is 2.42. The van der Waals surface area contributed by atoms with Gasteiger partial charge in [-0.1, -0.05) is 60.7 Å². The Bertz CT molecular complexity index is 1430. The highest BCUT2D eigenvalue weighted by atomic mass is 35.5. The van der Waals surface area contributed by atoms with Gasteiger partial charge in [-0.2, -0.15) is 0 Å². The number of amides is 2. The molecule has 0 radical (unpaired) electrons. The summed E-state index contributed by atoms with van der Waals surface area (Å²) < 4.78 is 6.10. The van der Waals surface area contributed by atoms with Crippen molar-refractivity contribution in [2.75, 3.05) is 11.6 Å². The van der Waals surface area contributed by atoms with Gasteiger partial charge >= 0.3 is 5.97 Å². The van der Waals surface area contributed by atoms with Crippen LogP contribution in [0.4, 0.5) is 0 Å².